The molecule has 2 rings (SSSR count). The van der Waals surface area contributed by atoms with E-state index in [-0.39, 0.29) is 10.8 Å². The number of hydrogen-bond donors (Lipinski definition) is 1. The van der Waals surface area contributed by atoms with Gasteiger partial charge in [0.15, 0.2) is 0 Å². The third-order valence-corrected chi connectivity index (χ3v) is 3.40. The lowest BCUT2D eigenvalue weighted by molar-refractivity contribution is 0.570. The van der Waals surface area contributed by atoms with Gasteiger partial charge in [0.1, 0.15) is 11.6 Å². The molecule has 0 spiro atoms. The van der Waals surface area contributed by atoms with Crippen molar-refractivity contribution in [2.45, 2.75) is 13.0 Å². The van der Waals surface area contributed by atoms with Crippen molar-refractivity contribution in [1.82, 2.24) is 5.32 Å². The van der Waals surface area contributed by atoms with Crippen molar-refractivity contribution >= 4 is 11.6 Å². The van der Waals surface area contributed by atoms with E-state index in [9.17, 15) is 8.78 Å². The van der Waals surface area contributed by atoms with Crippen molar-refractivity contribution in [3.05, 3.63) is 69.7 Å². The largest absolute Gasteiger partial charge is 0.309 e. The van der Waals surface area contributed by atoms with Crippen LogP contribution < -0.4 is 5.32 Å². The molecular weight excluding hydrogens is 268 g/mol. The van der Waals surface area contributed by atoms with Gasteiger partial charge in [0, 0.05) is 5.56 Å². The van der Waals surface area contributed by atoms with Crippen LogP contribution in [0.1, 0.15) is 22.7 Å². The Morgan fingerprint density at radius 2 is 1.89 bits per heavy atom. The van der Waals surface area contributed by atoms with Crippen LogP contribution in [0.3, 0.4) is 0 Å². The van der Waals surface area contributed by atoms with Gasteiger partial charge in [-0.15, -0.1) is 0 Å². The van der Waals surface area contributed by atoms with Crippen LogP contribution in [0.4, 0.5) is 8.78 Å². The first-order valence-corrected chi connectivity index (χ1v) is 6.29. The van der Waals surface area contributed by atoms with Crippen molar-refractivity contribution < 1.29 is 8.78 Å². The number of benzene rings is 2. The van der Waals surface area contributed by atoms with E-state index in [0.29, 0.717) is 16.7 Å². The van der Waals surface area contributed by atoms with Gasteiger partial charge in [-0.05, 0) is 37.2 Å². The molecule has 0 aliphatic carbocycles. The molecule has 0 saturated heterocycles. The Bertz CT molecular complexity index is 599. The van der Waals surface area contributed by atoms with Crippen LogP contribution in [0.15, 0.2) is 36.4 Å². The van der Waals surface area contributed by atoms with E-state index < -0.39 is 11.9 Å². The average molecular weight is 282 g/mol. The van der Waals surface area contributed by atoms with E-state index in [1.165, 1.54) is 12.1 Å². The maximum atomic E-state index is 14.0. The number of aryl methyl sites for hydroxylation is 1. The number of hydrogen-bond acceptors (Lipinski definition) is 1. The lowest BCUT2D eigenvalue weighted by atomic mass is 9.97. The van der Waals surface area contributed by atoms with E-state index >= 15 is 0 Å². The SMILES string of the molecule is CNC(c1ccc(C)c(F)c1)c1cccc(Cl)c1F. The topological polar surface area (TPSA) is 12.0 Å². The second-order valence-corrected chi connectivity index (χ2v) is 4.78. The van der Waals surface area contributed by atoms with Crippen LogP contribution in [-0.4, -0.2) is 7.05 Å². The molecule has 2 aromatic rings. The second kappa shape index (κ2) is 5.68. The minimum Gasteiger partial charge on any atom is -0.309 e. The van der Waals surface area contributed by atoms with Gasteiger partial charge in [0.05, 0.1) is 11.1 Å². The zero-order valence-electron chi connectivity index (χ0n) is 10.7. The number of nitrogens with one attached hydrogen (secondary N) is 1. The van der Waals surface area contributed by atoms with Crippen LogP contribution in [0, 0.1) is 18.6 Å². The number of rotatable bonds is 3. The summed E-state index contributed by atoms with van der Waals surface area (Å²) in [6, 6.07) is 9.24. The molecule has 4 heteroatoms. The summed E-state index contributed by atoms with van der Waals surface area (Å²) in [5.74, 6) is -0.787. The van der Waals surface area contributed by atoms with Gasteiger partial charge in [-0.1, -0.05) is 35.9 Å². The van der Waals surface area contributed by atoms with Crippen LogP contribution in [0.2, 0.25) is 5.02 Å². The van der Waals surface area contributed by atoms with Gasteiger partial charge in [-0.3, -0.25) is 0 Å². The molecule has 1 unspecified atom stereocenters. The van der Waals surface area contributed by atoms with Crippen molar-refractivity contribution in [3.8, 4) is 0 Å². The first kappa shape index (κ1) is 14.0. The molecule has 19 heavy (non-hydrogen) atoms. The highest BCUT2D eigenvalue weighted by molar-refractivity contribution is 6.30. The fourth-order valence-electron chi connectivity index (χ4n) is 2.03. The van der Waals surface area contributed by atoms with Gasteiger partial charge in [0.2, 0.25) is 0 Å². The molecule has 100 valence electrons. The Hall–Kier alpha value is -1.45. The highest BCUT2D eigenvalue weighted by Crippen LogP contribution is 2.28. The van der Waals surface area contributed by atoms with E-state index in [4.69, 9.17) is 11.6 Å². The summed E-state index contributed by atoms with van der Waals surface area (Å²) in [6.45, 7) is 1.69. The zero-order chi connectivity index (χ0) is 14.0. The minimum atomic E-state index is -0.482. The first-order chi connectivity index (χ1) is 9.04. The fourth-order valence-corrected chi connectivity index (χ4v) is 2.22. The molecule has 0 amide bonds. The lowest BCUT2D eigenvalue weighted by Gasteiger charge is -2.18. The van der Waals surface area contributed by atoms with Crippen molar-refractivity contribution in [3.63, 3.8) is 0 Å². The molecule has 0 heterocycles. The Morgan fingerprint density at radius 1 is 1.16 bits per heavy atom. The predicted molar refractivity (Wildman–Crippen MR) is 73.4 cm³/mol. The summed E-state index contributed by atoms with van der Waals surface area (Å²) >= 11 is 5.78. The Labute approximate surface area is 116 Å². The van der Waals surface area contributed by atoms with Gasteiger partial charge >= 0.3 is 0 Å². The van der Waals surface area contributed by atoms with E-state index in [2.05, 4.69) is 5.32 Å². The molecule has 0 aliphatic rings. The van der Waals surface area contributed by atoms with Gasteiger partial charge in [-0.25, -0.2) is 8.78 Å². The highest BCUT2D eigenvalue weighted by atomic mass is 35.5. The third kappa shape index (κ3) is 2.77. The molecule has 0 aliphatic heterocycles. The predicted octanol–water partition coefficient (Wildman–Crippen LogP) is 4.24. The summed E-state index contributed by atoms with van der Waals surface area (Å²) in [6.07, 6.45) is 0. The summed E-state index contributed by atoms with van der Waals surface area (Å²) in [7, 11) is 1.70. The fraction of sp³-hybridized carbons (Fsp3) is 0.200. The van der Waals surface area contributed by atoms with Gasteiger partial charge < -0.3 is 5.32 Å². The molecule has 0 aromatic heterocycles. The van der Waals surface area contributed by atoms with E-state index in [0.717, 1.165) is 0 Å². The molecule has 0 fully saturated rings. The first-order valence-electron chi connectivity index (χ1n) is 5.92. The maximum Gasteiger partial charge on any atom is 0.146 e. The Morgan fingerprint density at radius 3 is 2.53 bits per heavy atom. The van der Waals surface area contributed by atoms with Crippen LogP contribution in [0.25, 0.3) is 0 Å². The van der Waals surface area contributed by atoms with Gasteiger partial charge in [-0.2, -0.15) is 0 Å². The Balaban J connectivity index is 2.50. The summed E-state index contributed by atoms with van der Waals surface area (Å²) in [5.41, 5.74) is 1.62. The summed E-state index contributed by atoms with van der Waals surface area (Å²) in [4.78, 5) is 0. The summed E-state index contributed by atoms with van der Waals surface area (Å²) < 4.78 is 27.7. The molecule has 1 atom stereocenters. The normalized spacial score (nSPS) is 12.5. The standard InChI is InChI=1S/C15H14ClF2N/c1-9-6-7-10(8-13(9)17)15(19-2)11-4-3-5-12(16)14(11)18/h3-8,15,19H,1-2H3. The zero-order valence-corrected chi connectivity index (χ0v) is 11.4. The van der Waals surface area contributed by atoms with Crippen LogP contribution in [-0.2, 0) is 0 Å². The second-order valence-electron chi connectivity index (χ2n) is 4.37. The average Bonchev–Trinajstić information content (AvgIpc) is 2.39. The highest BCUT2D eigenvalue weighted by Gasteiger charge is 2.18. The smallest absolute Gasteiger partial charge is 0.146 e. The van der Waals surface area contributed by atoms with Crippen LogP contribution >= 0.6 is 11.6 Å². The molecule has 2 aromatic carbocycles. The molecule has 0 radical (unpaired) electrons. The lowest BCUT2D eigenvalue weighted by Crippen LogP contribution is -2.19. The van der Waals surface area contributed by atoms with Crippen LogP contribution in [0.5, 0.6) is 0 Å². The third-order valence-electron chi connectivity index (χ3n) is 3.11. The van der Waals surface area contributed by atoms with Crippen molar-refractivity contribution in [2.24, 2.45) is 0 Å². The van der Waals surface area contributed by atoms with Crippen molar-refractivity contribution in [1.29, 1.82) is 0 Å². The molecular formula is C15H14ClF2N. The molecule has 0 saturated carbocycles. The minimum absolute atomic E-state index is 0.0605. The molecule has 0 bridgehead atoms. The monoisotopic (exact) mass is 281 g/mol. The van der Waals surface area contributed by atoms with E-state index in [1.807, 2.05) is 0 Å². The molecule has 1 nitrogen and oxygen atoms in total. The number of halogens is 3. The van der Waals surface area contributed by atoms with E-state index in [1.54, 1.807) is 38.2 Å². The Kier molecular flexibility index (Phi) is 4.17. The quantitative estimate of drug-likeness (QED) is 0.887. The maximum absolute atomic E-state index is 14.0. The summed E-state index contributed by atoms with van der Waals surface area (Å²) in [5, 5.41) is 3.04. The van der Waals surface area contributed by atoms with Crippen molar-refractivity contribution in [2.75, 3.05) is 7.05 Å². The van der Waals surface area contributed by atoms with Gasteiger partial charge in [0.25, 0.3) is 0 Å². The molecule has 1 N–H and O–H groups in total.